The normalized spacial score (nSPS) is 11.3. The molecule has 0 saturated carbocycles. The van der Waals surface area contributed by atoms with Crippen molar-refractivity contribution < 1.29 is 28.8 Å². The first-order chi connectivity index (χ1) is 17.1. The minimum absolute atomic E-state index is 0.207. The third-order valence-electron chi connectivity index (χ3n) is 5.87. The van der Waals surface area contributed by atoms with E-state index in [1.807, 2.05) is 12.1 Å². The lowest BCUT2D eigenvalue weighted by Gasteiger charge is -2.21. The van der Waals surface area contributed by atoms with Crippen molar-refractivity contribution in [3.05, 3.63) is 63.8 Å². The molecule has 0 aliphatic carbocycles. The van der Waals surface area contributed by atoms with Gasteiger partial charge in [-0.05, 0) is 62.1 Å². The van der Waals surface area contributed by atoms with Crippen molar-refractivity contribution in [3.63, 3.8) is 0 Å². The first-order valence-electron chi connectivity index (χ1n) is 11.5. The van der Waals surface area contributed by atoms with Crippen LogP contribution in [0.4, 0.5) is 0 Å². The molecule has 0 atom stereocenters. The van der Waals surface area contributed by atoms with Gasteiger partial charge in [-0.1, -0.05) is 12.1 Å². The second-order valence-electron chi connectivity index (χ2n) is 8.86. The molecule has 0 amide bonds. The zero-order valence-electron chi connectivity index (χ0n) is 21.5. The summed E-state index contributed by atoms with van der Waals surface area (Å²) < 4.78 is 24.7. The highest BCUT2D eigenvalue weighted by atomic mass is 16.5. The van der Waals surface area contributed by atoms with E-state index in [1.54, 1.807) is 50.1 Å². The van der Waals surface area contributed by atoms with Gasteiger partial charge in [0.25, 0.3) is 0 Å². The van der Waals surface area contributed by atoms with Crippen LogP contribution in [0.25, 0.3) is 0 Å². The van der Waals surface area contributed by atoms with Gasteiger partial charge in [-0.15, -0.1) is 0 Å². The van der Waals surface area contributed by atoms with Crippen molar-refractivity contribution in [2.24, 2.45) is 7.05 Å². The van der Waals surface area contributed by atoms with Gasteiger partial charge in [0, 0.05) is 13.5 Å². The van der Waals surface area contributed by atoms with E-state index in [9.17, 15) is 14.7 Å². The molecule has 0 aliphatic heterocycles. The number of hydrogen-bond acceptors (Lipinski definition) is 7. The van der Waals surface area contributed by atoms with Crippen molar-refractivity contribution in [1.82, 2.24) is 14.3 Å². The van der Waals surface area contributed by atoms with Crippen molar-refractivity contribution in [3.8, 4) is 23.0 Å². The molecule has 0 bridgehead atoms. The fourth-order valence-corrected chi connectivity index (χ4v) is 3.77. The predicted molar refractivity (Wildman–Crippen MR) is 133 cm³/mol. The van der Waals surface area contributed by atoms with Gasteiger partial charge in [-0.2, -0.15) is 5.10 Å². The summed E-state index contributed by atoms with van der Waals surface area (Å²) >= 11 is 0. The molecule has 3 rings (SSSR count). The number of aromatic nitrogens is 3. The fraction of sp³-hybridized carbons (Fsp3) is 0.423. The molecule has 10 heteroatoms. The van der Waals surface area contributed by atoms with Crippen LogP contribution in [0.3, 0.4) is 0 Å². The molecule has 10 nitrogen and oxygen atoms in total. The number of nitrogens with zero attached hydrogens (tertiary/aromatic N) is 3. The Kier molecular flexibility index (Phi) is 8.29. The van der Waals surface area contributed by atoms with E-state index in [0.29, 0.717) is 35.2 Å². The highest BCUT2D eigenvalue weighted by Crippen LogP contribution is 2.38. The topological polar surface area (TPSA) is 114 Å². The van der Waals surface area contributed by atoms with E-state index >= 15 is 0 Å². The molecule has 1 heterocycles. The van der Waals surface area contributed by atoms with Crippen LogP contribution in [0.1, 0.15) is 37.2 Å². The van der Waals surface area contributed by atoms with Gasteiger partial charge in [0.15, 0.2) is 17.1 Å². The highest BCUT2D eigenvalue weighted by Gasteiger charge is 2.29. The molecule has 0 aliphatic rings. The molecule has 0 saturated heterocycles. The number of rotatable bonds is 12. The average Bonchev–Trinajstić information content (AvgIpc) is 3.11. The summed E-state index contributed by atoms with van der Waals surface area (Å²) in [6, 6.07) is 11.0. The summed E-state index contributed by atoms with van der Waals surface area (Å²) in [5.41, 5.74) is 0.371. The summed E-state index contributed by atoms with van der Waals surface area (Å²) in [6.07, 6.45) is 2.18. The van der Waals surface area contributed by atoms with Crippen LogP contribution in [0.2, 0.25) is 0 Å². The lowest BCUT2D eigenvalue weighted by atomic mass is 10.1. The Morgan fingerprint density at radius 1 is 0.972 bits per heavy atom. The van der Waals surface area contributed by atoms with E-state index in [0.717, 1.165) is 24.0 Å². The van der Waals surface area contributed by atoms with E-state index in [2.05, 4.69) is 5.10 Å². The molecular formula is C26H33N3O7. The Bertz CT molecular complexity index is 1230. The molecule has 0 radical (unpaired) electrons. The lowest BCUT2D eigenvalue weighted by molar-refractivity contribution is -0.152. The minimum Gasteiger partial charge on any atom is -0.493 e. The monoisotopic (exact) mass is 499 g/mol. The third-order valence-corrected chi connectivity index (χ3v) is 5.87. The van der Waals surface area contributed by atoms with Gasteiger partial charge < -0.3 is 24.1 Å². The zero-order valence-corrected chi connectivity index (χ0v) is 21.5. The van der Waals surface area contributed by atoms with Crippen LogP contribution in [-0.4, -0.2) is 52.4 Å². The molecule has 0 fully saturated rings. The minimum atomic E-state index is -1.30. The van der Waals surface area contributed by atoms with Gasteiger partial charge in [0.05, 0.1) is 27.9 Å². The average molecular weight is 500 g/mol. The molecule has 36 heavy (non-hydrogen) atoms. The number of benzene rings is 2. The maximum absolute atomic E-state index is 12.8. The van der Waals surface area contributed by atoms with Crippen LogP contribution < -0.4 is 24.6 Å². The quantitative estimate of drug-likeness (QED) is 0.404. The lowest BCUT2D eigenvalue weighted by Crippen LogP contribution is -2.37. The molecule has 1 N–H and O–H groups in total. The largest absolute Gasteiger partial charge is 0.493 e. The predicted octanol–water partition coefficient (Wildman–Crippen LogP) is 3.07. The Hall–Kier alpha value is -3.95. The zero-order chi connectivity index (χ0) is 26.5. The number of aliphatic carboxylic acids is 1. The van der Waals surface area contributed by atoms with Crippen molar-refractivity contribution in [1.29, 1.82) is 0 Å². The van der Waals surface area contributed by atoms with Crippen molar-refractivity contribution >= 4 is 5.97 Å². The van der Waals surface area contributed by atoms with Crippen LogP contribution in [0.15, 0.2) is 41.2 Å². The SMILES string of the molecule is COc1cc(Cn2nc(CCCc3ccc(OC(C)(C)C(=O)O)cc3)n(C)c2=O)cc(OC)c1OC. The molecule has 2 aromatic carbocycles. The third kappa shape index (κ3) is 5.99. The van der Waals surface area contributed by atoms with Crippen LogP contribution >= 0.6 is 0 Å². The fourth-order valence-electron chi connectivity index (χ4n) is 3.77. The smallest absolute Gasteiger partial charge is 0.347 e. The maximum Gasteiger partial charge on any atom is 0.347 e. The molecule has 194 valence electrons. The summed E-state index contributed by atoms with van der Waals surface area (Å²) in [5.74, 6) is 1.68. The maximum atomic E-state index is 12.8. The van der Waals surface area contributed by atoms with E-state index in [1.165, 1.54) is 25.6 Å². The molecule has 0 spiro atoms. The second-order valence-corrected chi connectivity index (χ2v) is 8.86. The Balaban J connectivity index is 1.65. The number of ether oxygens (including phenoxy) is 4. The highest BCUT2D eigenvalue weighted by molar-refractivity contribution is 5.76. The van der Waals surface area contributed by atoms with Gasteiger partial charge in [0.2, 0.25) is 5.75 Å². The summed E-state index contributed by atoms with van der Waals surface area (Å²) in [5, 5.41) is 13.7. The Labute approximate surface area is 210 Å². The van der Waals surface area contributed by atoms with Gasteiger partial charge in [-0.25, -0.2) is 14.3 Å². The first kappa shape index (κ1) is 26.7. The van der Waals surface area contributed by atoms with Crippen LogP contribution in [-0.2, 0) is 31.2 Å². The number of carboxylic acid groups (broad SMARTS) is 1. The summed E-state index contributed by atoms with van der Waals surface area (Å²) in [4.78, 5) is 24.0. The Morgan fingerprint density at radius 3 is 2.11 bits per heavy atom. The number of aryl methyl sites for hydroxylation is 2. The van der Waals surface area contributed by atoms with E-state index in [4.69, 9.17) is 18.9 Å². The molecule has 3 aromatic rings. The van der Waals surface area contributed by atoms with Crippen molar-refractivity contribution in [2.45, 2.75) is 45.3 Å². The van der Waals surface area contributed by atoms with E-state index < -0.39 is 11.6 Å². The first-order valence-corrected chi connectivity index (χ1v) is 11.5. The summed E-state index contributed by atoms with van der Waals surface area (Å²) in [7, 11) is 6.34. The van der Waals surface area contributed by atoms with Gasteiger partial charge >= 0.3 is 11.7 Å². The number of carbonyl (C=O) groups is 1. The second kappa shape index (κ2) is 11.2. The number of hydrogen-bond donors (Lipinski definition) is 1. The van der Waals surface area contributed by atoms with Crippen molar-refractivity contribution in [2.75, 3.05) is 21.3 Å². The standard InChI is InChI=1S/C26H33N3O7/c1-26(2,24(30)31)36-19-12-10-17(11-13-19)8-7-9-22-27-29(25(32)28(22)3)16-18-14-20(33-4)23(35-6)21(15-18)34-5/h10-15H,7-9,16H2,1-6H3,(H,30,31). The molecule has 0 unspecified atom stereocenters. The van der Waals surface area contributed by atoms with Gasteiger partial charge in [0.1, 0.15) is 11.6 Å². The number of carboxylic acids is 1. The van der Waals surface area contributed by atoms with Crippen LogP contribution in [0.5, 0.6) is 23.0 Å². The molecular weight excluding hydrogens is 466 g/mol. The van der Waals surface area contributed by atoms with Crippen LogP contribution in [0, 0.1) is 0 Å². The van der Waals surface area contributed by atoms with Gasteiger partial charge in [-0.3, -0.25) is 4.57 Å². The Morgan fingerprint density at radius 2 is 1.58 bits per heavy atom. The molecule has 1 aromatic heterocycles. The summed E-state index contributed by atoms with van der Waals surface area (Å²) in [6.45, 7) is 3.28. The number of methoxy groups -OCH3 is 3. The van der Waals surface area contributed by atoms with E-state index in [-0.39, 0.29) is 12.2 Å².